The summed E-state index contributed by atoms with van der Waals surface area (Å²) in [6.07, 6.45) is 2.06. The number of hydrogen-bond donors (Lipinski definition) is 1. The predicted octanol–water partition coefficient (Wildman–Crippen LogP) is 3.81. The maximum Gasteiger partial charge on any atom is 0.227 e. The number of thioether (sulfide) groups is 1. The fourth-order valence-corrected chi connectivity index (χ4v) is 5.36. The number of aryl methyl sites for hydroxylation is 1. The molecule has 4 rings (SSSR count). The van der Waals surface area contributed by atoms with E-state index >= 15 is 0 Å². The summed E-state index contributed by atoms with van der Waals surface area (Å²) in [5.74, 6) is -0.326. The van der Waals surface area contributed by atoms with Crippen LogP contribution in [0.5, 0.6) is 0 Å². The van der Waals surface area contributed by atoms with Crippen molar-refractivity contribution in [3.63, 3.8) is 0 Å². The van der Waals surface area contributed by atoms with E-state index in [1.165, 1.54) is 4.90 Å². The van der Waals surface area contributed by atoms with Crippen molar-refractivity contribution in [3.8, 4) is 0 Å². The molecule has 1 atom stereocenters. The van der Waals surface area contributed by atoms with E-state index in [0.717, 1.165) is 24.1 Å². The molecule has 0 radical (unpaired) electrons. The minimum Gasteiger partial charge on any atom is -0.381 e. The van der Waals surface area contributed by atoms with Gasteiger partial charge in [-0.05, 0) is 44.0 Å². The van der Waals surface area contributed by atoms with Crippen molar-refractivity contribution in [1.82, 2.24) is 5.32 Å². The van der Waals surface area contributed by atoms with Gasteiger partial charge in [0.05, 0.1) is 5.92 Å². The molecule has 158 valence electrons. The smallest absolute Gasteiger partial charge is 0.227 e. The summed E-state index contributed by atoms with van der Waals surface area (Å²) in [4.78, 5) is 28.4. The zero-order valence-electron chi connectivity index (χ0n) is 17.3. The Kier molecular flexibility index (Phi) is 6.44. The Morgan fingerprint density at radius 2 is 1.83 bits per heavy atom. The normalized spacial score (nSPS) is 20.9. The first kappa shape index (κ1) is 20.9. The molecule has 0 saturated carbocycles. The van der Waals surface area contributed by atoms with E-state index in [9.17, 15) is 9.59 Å². The number of ether oxygens (including phenoxy) is 1. The van der Waals surface area contributed by atoms with Crippen LogP contribution in [-0.2, 0) is 14.3 Å². The SMILES string of the molecule is Cc1ccc(N2CC(C(=O)NCC3(Sc4ccccc4)CCOCC3)CC2=O)cc1. The van der Waals surface area contributed by atoms with Crippen molar-refractivity contribution in [2.24, 2.45) is 5.92 Å². The highest BCUT2D eigenvalue weighted by Crippen LogP contribution is 2.40. The van der Waals surface area contributed by atoms with E-state index in [2.05, 4.69) is 17.4 Å². The van der Waals surface area contributed by atoms with E-state index in [1.54, 1.807) is 4.90 Å². The summed E-state index contributed by atoms with van der Waals surface area (Å²) in [7, 11) is 0. The van der Waals surface area contributed by atoms with Gasteiger partial charge in [0.15, 0.2) is 0 Å². The van der Waals surface area contributed by atoms with Gasteiger partial charge >= 0.3 is 0 Å². The minimum absolute atomic E-state index is 0.0124. The second-order valence-corrected chi connectivity index (χ2v) is 9.71. The predicted molar refractivity (Wildman–Crippen MR) is 120 cm³/mol. The maximum atomic E-state index is 12.9. The summed E-state index contributed by atoms with van der Waals surface area (Å²) in [6, 6.07) is 18.2. The molecule has 6 heteroatoms. The lowest BCUT2D eigenvalue weighted by atomic mass is 9.98. The highest BCUT2D eigenvalue weighted by Gasteiger charge is 2.38. The van der Waals surface area contributed by atoms with Gasteiger partial charge in [-0.25, -0.2) is 0 Å². The average molecular weight is 425 g/mol. The van der Waals surface area contributed by atoms with E-state index < -0.39 is 0 Å². The van der Waals surface area contributed by atoms with Crippen LogP contribution >= 0.6 is 11.8 Å². The molecule has 1 N–H and O–H groups in total. The van der Waals surface area contributed by atoms with Crippen molar-refractivity contribution in [1.29, 1.82) is 0 Å². The molecule has 0 aromatic heterocycles. The highest BCUT2D eigenvalue weighted by molar-refractivity contribution is 8.00. The molecule has 0 spiro atoms. The van der Waals surface area contributed by atoms with Crippen molar-refractivity contribution in [3.05, 3.63) is 60.2 Å². The molecule has 1 unspecified atom stereocenters. The lowest BCUT2D eigenvalue weighted by molar-refractivity contribution is -0.126. The Balaban J connectivity index is 1.39. The Labute approximate surface area is 182 Å². The third-order valence-electron chi connectivity index (χ3n) is 5.91. The number of hydrogen-bond acceptors (Lipinski definition) is 4. The van der Waals surface area contributed by atoms with Crippen LogP contribution in [0.25, 0.3) is 0 Å². The van der Waals surface area contributed by atoms with Crippen LogP contribution in [0.4, 0.5) is 5.69 Å². The first-order valence-electron chi connectivity index (χ1n) is 10.5. The van der Waals surface area contributed by atoms with Gasteiger partial charge in [0.1, 0.15) is 0 Å². The van der Waals surface area contributed by atoms with Gasteiger partial charge in [-0.1, -0.05) is 35.9 Å². The lowest BCUT2D eigenvalue weighted by Crippen LogP contribution is -2.46. The first-order valence-corrected chi connectivity index (χ1v) is 11.3. The van der Waals surface area contributed by atoms with Gasteiger partial charge in [0.25, 0.3) is 0 Å². The number of nitrogens with zero attached hydrogens (tertiary/aromatic N) is 1. The van der Waals surface area contributed by atoms with Crippen LogP contribution < -0.4 is 10.2 Å². The van der Waals surface area contributed by atoms with Gasteiger partial charge in [-0.15, -0.1) is 11.8 Å². The molecule has 2 aromatic rings. The topological polar surface area (TPSA) is 58.6 Å². The van der Waals surface area contributed by atoms with Gasteiger partial charge in [-0.2, -0.15) is 0 Å². The second-order valence-electron chi connectivity index (χ2n) is 8.17. The minimum atomic E-state index is -0.308. The van der Waals surface area contributed by atoms with Crippen molar-refractivity contribution in [2.75, 3.05) is 31.2 Å². The van der Waals surface area contributed by atoms with Gasteiger partial charge in [-0.3, -0.25) is 9.59 Å². The first-order chi connectivity index (χ1) is 14.5. The molecule has 2 amide bonds. The van der Waals surface area contributed by atoms with Crippen LogP contribution in [0.2, 0.25) is 0 Å². The van der Waals surface area contributed by atoms with Crippen molar-refractivity contribution >= 4 is 29.3 Å². The summed E-state index contributed by atoms with van der Waals surface area (Å²) >= 11 is 1.82. The average Bonchev–Trinajstić information content (AvgIpc) is 3.16. The van der Waals surface area contributed by atoms with E-state index in [4.69, 9.17) is 4.74 Å². The van der Waals surface area contributed by atoms with Gasteiger partial charge in [0, 0.05) is 48.1 Å². The molecule has 2 saturated heterocycles. The number of anilines is 1. The van der Waals surface area contributed by atoms with Crippen molar-refractivity contribution < 1.29 is 14.3 Å². The van der Waals surface area contributed by atoms with E-state index in [0.29, 0.717) is 26.3 Å². The Morgan fingerprint density at radius 1 is 1.13 bits per heavy atom. The van der Waals surface area contributed by atoms with Crippen molar-refractivity contribution in [2.45, 2.75) is 35.8 Å². The fraction of sp³-hybridized carbons (Fsp3) is 0.417. The van der Waals surface area contributed by atoms with Crippen LogP contribution in [0.15, 0.2) is 59.5 Å². The molecule has 0 bridgehead atoms. The molecule has 2 aliphatic heterocycles. The molecule has 2 heterocycles. The number of carbonyl (C=O) groups is 2. The molecule has 2 aliphatic rings. The molecule has 0 aliphatic carbocycles. The molecular weight excluding hydrogens is 396 g/mol. The van der Waals surface area contributed by atoms with Crippen LogP contribution in [-0.4, -0.2) is 42.9 Å². The number of rotatable bonds is 6. The number of carbonyl (C=O) groups excluding carboxylic acids is 2. The summed E-state index contributed by atoms with van der Waals surface area (Å²) in [6.45, 7) is 4.46. The highest BCUT2D eigenvalue weighted by atomic mass is 32.2. The standard InChI is InChI=1S/C24H28N2O3S/c1-18-7-9-20(10-8-18)26-16-19(15-22(26)27)23(28)25-17-24(11-13-29-14-12-24)30-21-5-3-2-4-6-21/h2-10,19H,11-17H2,1H3,(H,25,28). The third-order valence-corrected chi connectivity index (χ3v) is 7.40. The maximum absolute atomic E-state index is 12.9. The zero-order chi connectivity index (χ0) is 21.0. The van der Waals surface area contributed by atoms with Crippen LogP contribution in [0.3, 0.4) is 0 Å². The summed E-state index contributed by atoms with van der Waals surface area (Å²) in [5.41, 5.74) is 2.01. The van der Waals surface area contributed by atoms with Gasteiger partial charge in [0.2, 0.25) is 11.8 Å². The fourth-order valence-electron chi connectivity index (χ4n) is 4.05. The quantitative estimate of drug-likeness (QED) is 0.766. The number of amides is 2. The summed E-state index contributed by atoms with van der Waals surface area (Å²) < 4.78 is 5.50. The van der Waals surface area contributed by atoms with E-state index in [1.807, 2.05) is 61.2 Å². The monoisotopic (exact) mass is 424 g/mol. The lowest BCUT2D eigenvalue weighted by Gasteiger charge is -2.37. The van der Waals surface area contributed by atoms with E-state index in [-0.39, 0.29) is 28.9 Å². The largest absolute Gasteiger partial charge is 0.381 e. The Bertz CT molecular complexity index is 879. The van der Waals surface area contributed by atoms with Crippen LogP contribution in [0, 0.1) is 12.8 Å². The molecule has 2 aromatic carbocycles. The molecule has 30 heavy (non-hydrogen) atoms. The van der Waals surface area contributed by atoms with Crippen LogP contribution in [0.1, 0.15) is 24.8 Å². The second kappa shape index (κ2) is 9.23. The molecule has 5 nitrogen and oxygen atoms in total. The molecule has 2 fully saturated rings. The number of benzene rings is 2. The third kappa shape index (κ3) is 4.87. The van der Waals surface area contributed by atoms with Gasteiger partial charge < -0.3 is 15.0 Å². The summed E-state index contributed by atoms with van der Waals surface area (Å²) in [5, 5.41) is 3.16. The molecular formula is C24H28N2O3S. The zero-order valence-corrected chi connectivity index (χ0v) is 18.1. The number of nitrogens with one attached hydrogen (secondary N) is 1. The Morgan fingerprint density at radius 3 is 2.53 bits per heavy atom. The Hall–Kier alpha value is -2.31.